The quantitative estimate of drug-likeness (QED) is 0.472. The summed E-state index contributed by atoms with van der Waals surface area (Å²) in [5.74, 6) is -2.09. The molecule has 3 unspecified atom stereocenters. The third-order valence-corrected chi connectivity index (χ3v) is 5.62. The van der Waals surface area contributed by atoms with Gasteiger partial charge in [-0.05, 0) is 58.2 Å². The number of hydrogen-bond donors (Lipinski definition) is 1. The van der Waals surface area contributed by atoms with Crippen molar-refractivity contribution in [1.82, 2.24) is 15.0 Å². The molecule has 4 heterocycles. The highest BCUT2D eigenvalue weighted by molar-refractivity contribution is 6.27. The van der Waals surface area contributed by atoms with Gasteiger partial charge in [0.2, 0.25) is 17.6 Å². The van der Waals surface area contributed by atoms with Crippen molar-refractivity contribution in [2.24, 2.45) is 11.0 Å². The summed E-state index contributed by atoms with van der Waals surface area (Å²) >= 11 is 0. The van der Waals surface area contributed by atoms with Gasteiger partial charge in [0.25, 0.3) is 0 Å². The summed E-state index contributed by atoms with van der Waals surface area (Å²) in [6.07, 6.45) is 8.21. The summed E-state index contributed by atoms with van der Waals surface area (Å²) in [5, 5.41) is 7.42. The van der Waals surface area contributed by atoms with E-state index in [1.165, 1.54) is 0 Å². The Bertz CT molecular complexity index is 1020. The molecule has 30 heavy (non-hydrogen) atoms. The van der Waals surface area contributed by atoms with Crippen LogP contribution in [0, 0.1) is 5.92 Å². The standard InChI is InChI=1S/C22H26N4O4/c1-4-29-22(28)18-19(27)17(11-15-12-24-20-16(15)9-6-10-23-20)30-21(18)25-26-13(2)7-5-8-14(26)3/h6,9-14,18H,4-5,7-8H2,1-3H3,(H,23,24)/b17-11-,25-21+. The van der Waals surface area contributed by atoms with Gasteiger partial charge >= 0.3 is 5.97 Å². The van der Waals surface area contributed by atoms with Crippen molar-refractivity contribution in [3.05, 3.63) is 35.8 Å². The number of nitrogens with one attached hydrogen (secondary N) is 1. The molecule has 0 radical (unpaired) electrons. The molecule has 1 N–H and O–H groups in total. The van der Waals surface area contributed by atoms with Gasteiger partial charge < -0.3 is 14.5 Å². The first-order valence-electron chi connectivity index (χ1n) is 10.4. The van der Waals surface area contributed by atoms with Gasteiger partial charge in [-0.25, -0.2) is 4.98 Å². The van der Waals surface area contributed by atoms with E-state index in [1.54, 1.807) is 25.4 Å². The lowest BCUT2D eigenvalue weighted by Crippen LogP contribution is -2.41. The lowest BCUT2D eigenvalue weighted by atomic mass is 10.00. The van der Waals surface area contributed by atoms with Crippen LogP contribution >= 0.6 is 0 Å². The van der Waals surface area contributed by atoms with Crippen molar-refractivity contribution in [1.29, 1.82) is 0 Å². The van der Waals surface area contributed by atoms with Crippen LogP contribution in [0.5, 0.6) is 0 Å². The average Bonchev–Trinajstić information content (AvgIpc) is 3.26. The van der Waals surface area contributed by atoms with E-state index in [0.717, 1.165) is 30.2 Å². The smallest absolute Gasteiger partial charge is 0.326 e. The molecule has 2 fully saturated rings. The molecule has 3 atom stereocenters. The summed E-state index contributed by atoms with van der Waals surface area (Å²) < 4.78 is 11.0. The fourth-order valence-electron chi connectivity index (χ4n) is 4.04. The van der Waals surface area contributed by atoms with Crippen molar-refractivity contribution in [2.75, 3.05) is 6.61 Å². The Labute approximate surface area is 174 Å². The Morgan fingerprint density at radius 3 is 2.90 bits per heavy atom. The maximum absolute atomic E-state index is 13.1. The van der Waals surface area contributed by atoms with Gasteiger partial charge in [-0.2, -0.15) is 0 Å². The molecule has 2 aromatic heterocycles. The van der Waals surface area contributed by atoms with E-state index in [0.29, 0.717) is 5.65 Å². The minimum Gasteiger partial charge on any atom is -0.465 e. The van der Waals surface area contributed by atoms with Gasteiger partial charge in [-0.3, -0.25) is 14.6 Å². The van der Waals surface area contributed by atoms with Gasteiger partial charge in [0, 0.05) is 35.4 Å². The number of ether oxygens (including phenoxy) is 2. The molecule has 2 saturated heterocycles. The number of fused-ring (bicyclic) bond motifs is 1. The van der Waals surface area contributed by atoms with Gasteiger partial charge in [-0.15, -0.1) is 5.10 Å². The summed E-state index contributed by atoms with van der Waals surface area (Å²) in [5.41, 5.74) is 1.46. The molecular formula is C22H26N4O4. The van der Waals surface area contributed by atoms with Gasteiger partial charge in [0.1, 0.15) is 5.65 Å². The summed E-state index contributed by atoms with van der Waals surface area (Å²) in [6.45, 7) is 6.07. The first-order chi connectivity index (χ1) is 14.5. The van der Waals surface area contributed by atoms with Crippen molar-refractivity contribution in [2.45, 2.75) is 52.1 Å². The van der Waals surface area contributed by atoms with Crippen LogP contribution in [0.1, 0.15) is 45.6 Å². The molecule has 0 amide bonds. The second-order valence-electron chi connectivity index (χ2n) is 7.75. The third-order valence-electron chi connectivity index (χ3n) is 5.62. The number of nitrogens with zero attached hydrogens (tertiary/aromatic N) is 3. The van der Waals surface area contributed by atoms with Crippen LogP contribution in [0.4, 0.5) is 0 Å². The van der Waals surface area contributed by atoms with E-state index >= 15 is 0 Å². The van der Waals surface area contributed by atoms with Crippen LogP contribution in [0.3, 0.4) is 0 Å². The molecule has 2 aliphatic heterocycles. The van der Waals surface area contributed by atoms with E-state index in [4.69, 9.17) is 9.47 Å². The second kappa shape index (κ2) is 8.30. The number of ketones is 1. The fraction of sp³-hybridized carbons (Fsp3) is 0.455. The van der Waals surface area contributed by atoms with E-state index in [1.807, 2.05) is 17.1 Å². The molecule has 2 aromatic rings. The zero-order valence-corrected chi connectivity index (χ0v) is 17.4. The number of aromatic nitrogens is 2. The van der Waals surface area contributed by atoms with Crippen molar-refractivity contribution in [3.63, 3.8) is 0 Å². The third kappa shape index (κ3) is 3.69. The Kier molecular flexibility index (Phi) is 5.57. The number of allylic oxidation sites excluding steroid dienone is 1. The van der Waals surface area contributed by atoms with Crippen molar-refractivity contribution >= 4 is 34.8 Å². The normalized spacial score (nSPS) is 27.1. The number of carbonyl (C=O) groups excluding carboxylic acids is 2. The summed E-state index contributed by atoms with van der Waals surface area (Å²) in [6, 6.07) is 4.13. The number of aromatic amines is 1. The highest BCUT2D eigenvalue weighted by atomic mass is 16.5. The van der Waals surface area contributed by atoms with E-state index < -0.39 is 17.7 Å². The first-order valence-corrected chi connectivity index (χ1v) is 10.4. The van der Waals surface area contributed by atoms with Gasteiger partial charge in [-0.1, -0.05) is 0 Å². The molecule has 158 valence electrons. The number of esters is 1. The molecule has 0 aromatic carbocycles. The van der Waals surface area contributed by atoms with E-state index in [9.17, 15) is 9.59 Å². The Hall–Kier alpha value is -3.16. The molecular weight excluding hydrogens is 384 g/mol. The minimum absolute atomic E-state index is 0.0777. The molecule has 2 aliphatic rings. The molecule has 0 bridgehead atoms. The number of hydrogen-bond acceptors (Lipinski definition) is 7. The zero-order chi connectivity index (χ0) is 21.3. The van der Waals surface area contributed by atoms with Gasteiger partial charge in [0.05, 0.1) is 6.61 Å². The van der Waals surface area contributed by atoms with Crippen molar-refractivity contribution in [3.8, 4) is 0 Å². The van der Waals surface area contributed by atoms with Crippen LogP contribution in [-0.4, -0.2) is 51.3 Å². The van der Waals surface area contributed by atoms with Crippen LogP contribution in [-0.2, 0) is 19.1 Å². The summed E-state index contributed by atoms with van der Waals surface area (Å²) in [7, 11) is 0. The number of rotatable bonds is 4. The topological polar surface area (TPSA) is 96.9 Å². The lowest BCUT2D eigenvalue weighted by Gasteiger charge is -2.36. The molecule has 4 rings (SSSR count). The average molecular weight is 410 g/mol. The number of carbonyl (C=O) groups is 2. The molecule has 8 nitrogen and oxygen atoms in total. The van der Waals surface area contributed by atoms with Crippen LogP contribution in [0.25, 0.3) is 17.1 Å². The van der Waals surface area contributed by atoms with Crippen LogP contribution < -0.4 is 0 Å². The molecule has 0 saturated carbocycles. The predicted octanol–water partition coefficient (Wildman–Crippen LogP) is 3.26. The monoisotopic (exact) mass is 410 g/mol. The highest BCUT2D eigenvalue weighted by Crippen LogP contribution is 2.30. The number of pyridine rings is 1. The van der Waals surface area contributed by atoms with E-state index in [2.05, 4.69) is 28.9 Å². The number of H-pyrrole nitrogens is 1. The van der Waals surface area contributed by atoms with Gasteiger partial charge in [0.15, 0.2) is 5.76 Å². The predicted molar refractivity (Wildman–Crippen MR) is 112 cm³/mol. The number of Topliss-reactive ketones (excluding diaryl/α,β-unsaturated/α-hetero) is 1. The highest BCUT2D eigenvalue weighted by Gasteiger charge is 2.45. The number of hydrazone groups is 1. The molecule has 0 aliphatic carbocycles. The lowest BCUT2D eigenvalue weighted by molar-refractivity contribution is -0.147. The van der Waals surface area contributed by atoms with E-state index in [-0.39, 0.29) is 30.3 Å². The Morgan fingerprint density at radius 1 is 1.40 bits per heavy atom. The minimum atomic E-state index is -1.18. The fourth-order valence-corrected chi connectivity index (χ4v) is 4.04. The van der Waals surface area contributed by atoms with Crippen LogP contribution in [0.2, 0.25) is 0 Å². The summed E-state index contributed by atoms with van der Waals surface area (Å²) in [4.78, 5) is 33.0. The Balaban J connectivity index is 1.71. The SMILES string of the molecule is CCOC(=O)C1C(=O)/C(=C/c2c[nH]c3ncccc23)O/C1=N/N1C(C)CCCC1C. The molecule has 8 heteroatoms. The Morgan fingerprint density at radius 2 is 2.17 bits per heavy atom. The molecule has 0 spiro atoms. The maximum atomic E-state index is 13.1. The largest absolute Gasteiger partial charge is 0.465 e. The van der Waals surface area contributed by atoms with Crippen molar-refractivity contribution < 1.29 is 19.1 Å². The van der Waals surface area contributed by atoms with Crippen LogP contribution in [0.15, 0.2) is 35.4 Å². The zero-order valence-electron chi connectivity index (χ0n) is 17.4. The second-order valence-corrected chi connectivity index (χ2v) is 7.75. The first kappa shape index (κ1) is 20.1. The maximum Gasteiger partial charge on any atom is 0.326 e. The number of piperidine rings is 1.